The van der Waals surface area contributed by atoms with Crippen LogP contribution in [0.15, 0.2) is 30.3 Å². The number of phenols is 1. The molecule has 0 fully saturated rings. The molecule has 0 saturated carbocycles. The van der Waals surface area contributed by atoms with Crippen molar-refractivity contribution in [2.24, 2.45) is 0 Å². The summed E-state index contributed by atoms with van der Waals surface area (Å²) in [6, 6.07) is 6.98. The van der Waals surface area contributed by atoms with Crippen molar-refractivity contribution in [3.8, 4) is 5.75 Å². The van der Waals surface area contributed by atoms with Gasteiger partial charge >= 0.3 is 0 Å². The van der Waals surface area contributed by atoms with Gasteiger partial charge < -0.3 is 10.4 Å². The molecule has 0 spiro atoms. The maximum atomic E-state index is 11.8. The van der Waals surface area contributed by atoms with Crippen LogP contribution in [0.3, 0.4) is 0 Å². The third-order valence-electron chi connectivity index (χ3n) is 2.21. The first-order valence-electron chi connectivity index (χ1n) is 5.01. The third kappa shape index (κ3) is 3.01. The van der Waals surface area contributed by atoms with E-state index >= 15 is 0 Å². The molecule has 1 aromatic heterocycles. The number of nitrogens with zero attached hydrogens (tertiary/aromatic N) is 1. The van der Waals surface area contributed by atoms with Crippen molar-refractivity contribution in [3.05, 3.63) is 49.7 Å². The number of aromatic hydroxyl groups is 1. The molecule has 0 unspecified atom stereocenters. The molecule has 2 rings (SSSR count). The van der Waals surface area contributed by atoms with Gasteiger partial charge in [0, 0.05) is 11.8 Å². The first-order chi connectivity index (χ1) is 8.97. The average molecular weight is 299 g/mol. The zero-order valence-corrected chi connectivity index (χ0v) is 10.9. The molecule has 98 valence electrons. The minimum Gasteiger partial charge on any atom is -0.508 e. The van der Waals surface area contributed by atoms with Gasteiger partial charge in [-0.2, -0.15) is 0 Å². The van der Waals surface area contributed by atoms with E-state index in [0.717, 1.165) is 17.4 Å². The quantitative estimate of drug-likeness (QED) is 0.517. The lowest BCUT2D eigenvalue weighted by Crippen LogP contribution is -2.09. The minimum absolute atomic E-state index is 0.0409. The van der Waals surface area contributed by atoms with Gasteiger partial charge in [-0.3, -0.25) is 14.9 Å². The van der Waals surface area contributed by atoms with Gasteiger partial charge in [-0.1, -0.05) is 11.6 Å². The first kappa shape index (κ1) is 13.3. The van der Waals surface area contributed by atoms with E-state index in [0.29, 0.717) is 5.69 Å². The molecule has 0 atom stereocenters. The van der Waals surface area contributed by atoms with Crippen molar-refractivity contribution >= 4 is 40.2 Å². The fourth-order valence-corrected chi connectivity index (χ4v) is 2.45. The minimum atomic E-state index is -0.643. The van der Waals surface area contributed by atoms with Gasteiger partial charge in [-0.05, 0) is 24.3 Å². The number of amides is 1. The third-order valence-corrected chi connectivity index (χ3v) is 3.55. The lowest BCUT2D eigenvalue weighted by atomic mass is 10.3. The van der Waals surface area contributed by atoms with Crippen LogP contribution in [-0.2, 0) is 0 Å². The molecule has 0 radical (unpaired) electrons. The van der Waals surface area contributed by atoms with Gasteiger partial charge in [0.15, 0.2) is 4.34 Å². The maximum absolute atomic E-state index is 11.8. The van der Waals surface area contributed by atoms with Crippen molar-refractivity contribution in [1.82, 2.24) is 0 Å². The molecule has 19 heavy (non-hydrogen) atoms. The van der Waals surface area contributed by atoms with Crippen LogP contribution in [0.1, 0.15) is 9.67 Å². The summed E-state index contributed by atoms with van der Waals surface area (Å²) >= 11 is 6.51. The maximum Gasteiger partial charge on any atom is 0.299 e. The van der Waals surface area contributed by atoms with E-state index in [2.05, 4.69) is 5.32 Å². The van der Waals surface area contributed by atoms with E-state index in [-0.39, 0.29) is 20.7 Å². The Bertz CT molecular complexity index is 639. The molecule has 2 N–H and O–H groups in total. The Morgan fingerprint density at radius 3 is 2.53 bits per heavy atom. The lowest BCUT2D eigenvalue weighted by molar-refractivity contribution is -0.384. The van der Waals surface area contributed by atoms with Crippen LogP contribution in [-0.4, -0.2) is 15.9 Å². The topological polar surface area (TPSA) is 92.5 Å². The lowest BCUT2D eigenvalue weighted by Gasteiger charge is -2.02. The first-order valence-corrected chi connectivity index (χ1v) is 6.21. The number of phenolic OH excluding ortho intramolecular Hbond substituents is 1. The molecule has 0 aliphatic heterocycles. The second-order valence-electron chi connectivity index (χ2n) is 3.53. The number of nitro groups is 1. The van der Waals surface area contributed by atoms with Gasteiger partial charge in [0.05, 0.1) is 4.92 Å². The van der Waals surface area contributed by atoms with Crippen LogP contribution in [0.2, 0.25) is 4.34 Å². The molecule has 6 nitrogen and oxygen atoms in total. The summed E-state index contributed by atoms with van der Waals surface area (Å²) in [6.45, 7) is 0. The van der Waals surface area contributed by atoms with Gasteiger partial charge in [-0.15, -0.1) is 11.3 Å². The summed E-state index contributed by atoms with van der Waals surface area (Å²) in [4.78, 5) is 22.0. The van der Waals surface area contributed by atoms with Crippen LogP contribution in [0.5, 0.6) is 5.75 Å². The van der Waals surface area contributed by atoms with Crippen LogP contribution in [0.25, 0.3) is 0 Å². The van der Waals surface area contributed by atoms with E-state index < -0.39 is 10.8 Å². The van der Waals surface area contributed by atoms with Crippen LogP contribution >= 0.6 is 22.9 Å². The second-order valence-corrected chi connectivity index (χ2v) is 5.18. The molecule has 8 heteroatoms. The van der Waals surface area contributed by atoms with Crippen LogP contribution < -0.4 is 5.32 Å². The van der Waals surface area contributed by atoms with Crippen molar-refractivity contribution < 1.29 is 14.8 Å². The normalized spacial score (nSPS) is 10.2. The Kier molecular flexibility index (Phi) is 3.68. The van der Waals surface area contributed by atoms with Crippen molar-refractivity contribution in [2.45, 2.75) is 0 Å². The molecule has 1 heterocycles. The Labute approximate surface area is 116 Å². The number of benzene rings is 1. The SMILES string of the molecule is O=C(Nc1ccc(O)cc1)c1cc([N+](=O)[O-])c(Cl)s1. The summed E-state index contributed by atoms with van der Waals surface area (Å²) in [6.07, 6.45) is 0. The molecule has 1 aromatic carbocycles. The van der Waals surface area contributed by atoms with Gasteiger partial charge in [0.1, 0.15) is 10.6 Å². The fourth-order valence-electron chi connectivity index (χ4n) is 1.33. The zero-order valence-electron chi connectivity index (χ0n) is 9.29. The number of thiophene rings is 1. The Morgan fingerprint density at radius 2 is 2.00 bits per heavy atom. The van der Waals surface area contributed by atoms with E-state index in [1.807, 2.05) is 0 Å². The summed E-state index contributed by atoms with van der Waals surface area (Å²) in [5.41, 5.74) is 0.178. The van der Waals surface area contributed by atoms with E-state index in [9.17, 15) is 14.9 Å². The molecular weight excluding hydrogens is 292 g/mol. The summed E-state index contributed by atoms with van der Waals surface area (Å²) in [5, 5.41) is 22.3. The largest absolute Gasteiger partial charge is 0.508 e. The standard InChI is InChI=1S/C11H7ClN2O4S/c12-10-8(14(17)18)5-9(19-10)11(16)13-6-1-3-7(15)4-2-6/h1-5,15H,(H,13,16). The molecular formula is C11H7ClN2O4S. The zero-order chi connectivity index (χ0) is 14.0. The number of nitrogens with one attached hydrogen (secondary N) is 1. The predicted molar refractivity (Wildman–Crippen MR) is 72.0 cm³/mol. The Morgan fingerprint density at radius 1 is 1.37 bits per heavy atom. The van der Waals surface area contributed by atoms with Crippen LogP contribution in [0.4, 0.5) is 11.4 Å². The number of carbonyl (C=O) groups is 1. The van der Waals surface area contributed by atoms with Gasteiger partial charge in [0.25, 0.3) is 11.6 Å². The molecule has 2 aromatic rings. The summed E-state index contributed by atoms with van der Waals surface area (Å²) in [5.74, 6) is -0.418. The van der Waals surface area contributed by atoms with Gasteiger partial charge in [0.2, 0.25) is 0 Å². The van der Waals surface area contributed by atoms with Crippen LogP contribution in [0, 0.1) is 10.1 Å². The molecule has 1 amide bonds. The highest BCUT2D eigenvalue weighted by atomic mass is 35.5. The fraction of sp³-hybridized carbons (Fsp3) is 0. The highest BCUT2D eigenvalue weighted by molar-refractivity contribution is 7.18. The number of rotatable bonds is 3. The highest BCUT2D eigenvalue weighted by Gasteiger charge is 2.21. The number of hydrogen-bond acceptors (Lipinski definition) is 5. The Balaban J connectivity index is 2.18. The van der Waals surface area contributed by atoms with Crippen molar-refractivity contribution in [2.75, 3.05) is 5.32 Å². The van der Waals surface area contributed by atoms with Crippen molar-refractivity contribution in [1.29, 1.82) is 0 Å². The molecule has 0 saturated heterocycles. The molecule has 0 aliphatic rings. The molecule has 0 aliphatic carbocycles. The summed E-state index contributed by atoms with van der Waals surface area (Å²) < 4.78 is -0.0409. The predicted octanol–water partition coefficient (Wildman–Crippen LogP) is 3.27. The van der Waals surface area contributed by atoms with E-state index in [1.165, 1.54) is 24.3 Å². The van der Waals surface area contributed by atoms with E-state index in [4.69, 9.17) is 16.7 Å². The van der Waals surface area contributed by atoms with Gasteiger partial charge in [-0.25, -0.2) is 0 Å². The van der Waals surface area contributed by atoms with Crippen molar-refractivity contribution in [3.63, 3.8) is 0 Å². The highest BCUT2D eigenvalue weighted by Crippen LogP contribution is 2.34. The van der Waals surface area contributed by atoms with E-state index in [1.54, 1.807) is 0 Å². The Hall–Kier alpha value is -2.12. The number of anilines is 1. The average Bonchev–Trinajstić information content (AvgIpc) is 2.74. The number of halogens is 1. The number of hydrogen-bond donors (Lipinski definition) is 2. The molecule has 0 bridgehead atoms. The monoisotopic (exact) mass is 298 g/mol. The second kappa shape index (κ2) is 5.25. The number of carbonyl (C=O) groups excluding carboxylic acids is 1. The smallest absolute Gasteiger partial charge is 0.299 e. The summed E-state index contributed by atoms with van der Waals surface area (Å²) in [7, 11) is 0.